The van der Waals surface area contributed by atoms with E-state index in [1.807, 2.05) is 4.57 Å². The molecular formula is C9H9ClN6. The molecule has 1 aliphatic rings. The number of halogens is 1. The number of nitrogens with zero attached hydrogens (tertiary/aromatic N) is 5. The summed E-state index contributed by atoms with van der Waals surface area (Å²) in [5.41, 5.74) is 0.828. The van der Waals surface area contributed by atoms with Crippen molar-refractivity contribution >= 4 is 17.4 Å². The van der Waals surface area contributed by atoms with Crippen molar-refractivity contribution in [1.82, 2.24) is 24.7 Å². The Hall–Kier alpha value is -1.69. The van der Waals surface area contributed by atoms with Gasteiger partial charge in [-0.2, -0.15) is 4.98 Å². The molecule has 0 bridgehead atoms. The van der Waals surface area contributed by atoms with Gasteiger partial charge in [0.15, 0.2) is 11.6 Å². The van der Waals surface area contributed by atoms with E-state index in [2.05, 4.69) is 32.4 Å². The molecule has 1 N–H and O–H groups in total. The maximum atomic E-state index is 5.77. The summed E-state index contributed by atoms with van der Waals surface area (Å²) >= 11 is 5.77. The van der Waals surface area contributed by atoms with Gasteiger partial charge in [0.05, 0.1) is 12.2 Å². The molecule has 16 heavy (non-hydrogen) atoms. The van der Waals surface area contributed by atoms with E-state index in [1.165, 1.54) is 0 Å². The van der Waals surface area contributed by atoms with Crippen molar-refractivity contribution in [3.63, 3.8) is 0 Å². The molecule has 1 atom stereocenters. The lowest BCUT2D eigenvalue weighted by Gasteiger charge is -2.24. The Kier molecular flexibility index (Phi) is 2.03. The molecule has 82 valence electrons. The van der Waals surface area contributed by atoms with Crippen LogP contribution in [0.3, 0.4) is 0 Å². The summed E-state index contributed by atoms with van der Waals surface area (Å²) in [6.07, 6.45) is 4.23. The highest BCUT2D eigenvalue weighted by Gasteiger charge is 2.25. The lowest BCUT2D eigenvalue weighted by molar-refractivity contribution is 0.651. The van der Waals surface area contributed by atoms with Gasteiger partial charge in [0.25, 0.3) is 0 Å². The molecule has 7 heteroatoms. The third-order valence-corrected chi connectivity index (χ3v) is 2.79. The molecule has 0 aliphatic carbocycles. The highest BCUT2D eigenvalue weighted by Crippen LogP contribution is 2.31. The Morgan fingerprint density at radius 2 is 2.44 bits per heavy atom. The molecule has 0 fully saturated rings. The van der Waals surface area contributed by atoms with Crippen LogP contribution in [0, 0.1) is 0 Å². The predicted octanol–water partition coefficient (Wildman–Crippen LogP) is 1.59. The zero-order chi connectivity index (χ0) is 11.1. The van der Waals surface area contributed by atoms with Gasteiger partial charge in [0.2, 0.25) is 5.28 Å². The second kappa shape index (κ2) is 3.41. The van der Waals surface area contributed by atoms with Crippen LogP contribution in [0.2, 0.25) is 5.28 Å². The van der Waals surface area contributed by atoms with Gasteiger partial charge in [0, 0.05) is 0 Å². The predicted molar refractivity (Wildman–Crippen MR) is 58.6 cm³/mol. The van der Waals surface area contributed by atoms with Crippen molar-refractivity contribution in [1.29, 1.82) is 0 Å². The molecule has 0 aromatic carbocycles. The first kappa shape index (κ1) is 9.53. The van der Waals surface area contributed by atoms with Gasteiger partial charge in [-0.3, -0.25) is 4.57 Å². The van der Waals surface area contributed by atoms with Crippen LogP contribution in [0.5, 0.6) is 0 Å². The van der Waals surface area contributed by atoms with Crippen LogP contribution >= 0.6 is 11.6 Å². The smallest absolute Gasteiger partial charge is 0.224 e. The van der Waals surface area contributed by atoms with E-state index in [-0.39, 0.29) is 11.3 Å². The van der Waals surface area contributed by atoms with E-state index in [0.29, 0.717) is 0 Å². The Labute approximate surface area is 96.7 Å². The summed E-state index contributed by atoms with van der Waals surface area (Å²) in [6.45, 7) is 2.07. The minimum Gasteiger partial charge on any atom is -0.358 e. The fraction of sp³-hybridized carbons (Fsp3) is 0.333. The van der Waals surface area contributed by atoms with Gasteiger partial charge in [-0.05, 0) is 18.0 Å². The molecule has 0 saturated heterocycles. The fourth-order valence-electron chi connectivity index (χ4n) is 1.82. The number of hydrogen-bond acceptors (Lipinski definition) is 5. The van der Waals surface area contributed by atoms with Gasteiger partial charge in [-0.15, -0.1) is 10.2 Å². The van der Waals surface area contributed by atoms with E-state index < -0.39 is 0 Å². The molecule has 0 radical (unpaired) electrons. The zero-order valence-corrected chi connectivity index (χ0v) is 9.31. The first-order chi connectivity index (χ1) is 7.79. The van der Waals surface area contributed by atoms with E-state index in [4.69, 9.17) is 11.6 Å². The molecule has 2 aromatic heterocycles. The number of nitrogens with one attached hydrogen (secondary N) is 1. The van der Waals surface area contributed by atoms with Crippen molar-refractivity contribution in [2.45, 2.75) is 19.4 Å². The van der Waals surface area contributed by atoms with Crippen molar-refractivity contribution in [3.8, 4) is 5.69 Å². The standard InChI is InChI=1S/C9H9ClN6/c1-2-5-8-15-12-4-16(8)6-3-11-9(10)14-7(6)13-5/h3-5H,2H2,1H3,(H,11,13,14)/t5-/m1/s1. The lowest BCUT2D eigenvalue weighted by Crippen LogP contribution is -2.22. The van der Waals surface area contributed by atoms with Gasteiger partial charge < -0.3 is 5.32 Å². The molecular weight excluding hydrogens is 228 g/mol. The maximum absolute atomic E-state index is 5.77. The van der Waals surface area contributed by atoms with Gasteiger partial charge >= 0.3 is 0 Å². The Balaban J connectivity index is 2.21. The third kappa shape index (κ3) is 1.26. The van der Waals surface area contributed by atoms with Crippen LogP contribution in [0.1, 0.15) is 25.2 Å². The molecule has 0 amide bonds. The van der Waals surface area contributed by atoms with Crippen LogP contribution in [-0.4, -0.2) is 24.7 Å². The van der Waals surface area contributed by atoms with Crippen LogP contribution in [0.4, 0.5) is 5.82 Å². The number of fused-ring (bicyclic) bond motifs is 3. The van der Waals surface area contributed by atoms with E-state index in [0.717, 1.165) is 23.8 Å². The second-order valence-corrected chi connectivity index (χ2v) is 3.88. The molecule has 6 nitrogen and oxygen atoms in total. The van der Waals surface area contributed by atoms with Crippen LogP contribution < -0.4 is 5.32 Å². The molecule has 0 unspecified atom stereocenters. The van der Waals surface area contributed by atoms with Crippen molar-refractivity contribution in [2.75, 3.05) is 5.32 Å². The molecule has 0 spiro atoms. The summed E-state index contributed by atoms with van der Waals surface area (Å²) in [5, 5.41) is 11.5. The number of aromatic nitrogens is 5. The highest BCUT2D eigenvalue weighted by molar-refractivity contribution is 6.28. The summed E-state index contributed by atoms with van der Waals surface area (Å²) < 4.78 is 1.89. The molecule has 2 aromatic rings. The zero-order valence-electron chi connectivity index (χ0n) is 8.55. The van der Waals surface area contributed by atoms with Crippen LogP contribution in [-0.2, 0) is 0 Å². The monoisotopic (exact) mass is 236 g/mol. The largest absolute Gasteiger partial charge is 0.358 e. The van der Waals surface area contributed by atoms with Crippen molar-refractivity contribution < 1.29 is 0 Å². The topological polar surface area (TPSA) is 68.5 Å². The Bertz CT molecular complexity index is 537. The summed E-state index contributed by atoms with van der Waals surface area (Å²) in [5.74, 6) is 1.60. The molecule has 3 heterocycles. The highest BCUT2D eigenvalue weighted by atomic mass is 35.5. The fourth-order valence-corrected chi connectivity index (χ4v) is 1.95. The minimum atomic E-state index is 0.112. The maximum Gasteiger partial charge on any atom is 0.224 e. The summed E-state index contributed by atoms with van der Waals surface area (Å²) in [4.78, 5) is 8.12. The SMILES string of the molecule is CC[C@H]1Nc2nc(Cl)ncc2-n2cnnc21. The normalized spacial score (nSPS) is 17.5. The van der Waals surface area contributed by atoms with Gasteiger partial charge in [-0.1, -0.05) is 6.92 Å². The van der Waals surface area contributed by atoms with E-state index in [1.54, 1.807) is 12.5 Å². The minimum absolute atomic E-state index is 0.112. The summed E-state index contributed by atoms with van der Waals surface area (Å²) in [7, 11) is 0. The Morgan fingerprint density at radius 1 is 1.56 bits per heavy atom. The molecule has 0 saturated carbocycles. The number of hydrogen-bond donors (Lipinski definition) is 1. The summed E-state index contributed by atoms with van der Waals surface area (Å²) in [6, 6.07) is 0.112. The number of rotatable bonds is 1. The van der Waals surface area contributed by atoms with E-state index in [9.17, 15) is 0 Å². The number of anilines is 1. The molecule has 1 aliphatic heterocycles. The second-order valence-electron chi connectivity index (χ2n) is 3.54. The molecule has 3 rings (SSSR count). The van der Waals surface area contributed by atoms with Crippen molar-refractivity contribution in [2.24, 2.45) is 0 Å². The average Bonchev–Trinajstić information content (AvgIpc) is 2.76. The average molecular weight is 237 g/mol. The van der Waals surface area contributed by atoms with Crippen LogP contribution in [0.15, 0.2) is 12.5 Å². The van der Waals surface area contributed by atoms with E-state index >= 15 is 0 Å². The third-order valence-electron chi connectivity index (χ3n) is 2.60. The quantitative estimate of drug-likeness (QED) is 0.762. The van der Waals surface area contributed by atoms with Crippen LogP contribution in [0.25, 0.3) is 5.69 Å². The first-order valence-corrected chi connectivity index (χ1v) is 5.36. The van der Waals surface area contributed by atoms with Gasteiger partial charge in [-0.25, -0.2) is 4.98 Å². The first-order valence-electron chi connectivity index (χ1n) is 4.99. The van der Waals surface area contributed by atoms with Gasteiger partial charge in [0.1, 0.15) is 12.0 Å². The van der Waals surface area contributed by atoms with Crippen molar-refractivity contribution in [3.05, 3.63) is 23.6 Å². The lowest BCUT2D eigenvalue weighted by atomic mass is 10.1. The Morgan fingerprint density at radius 3 is 3.25 bits per heavy atom.